The molecule has 2 rings (SSSR count). The predicted octanol–water partition coefficient (Wildman–Crippen LogP) is 3.30. The molecule has 108 valence electrons. The van der Waals surface area contributed by atoms with Crippen LogP contribution in [-0.2, 0) is 13.5 Å². The summed E-state index contributed by atoms with van der Waals surface area (Å²) in [5.41, 5.74) is 1.37. The highest BCUT2D eigenvalue weighted by molar-refractivity contribution is 5.04. The molecule has 0 spiro atoms. The second kappa shape index (κ2) is 7.68. The lowest BCUT2D eigenvalue weighted by Gasteiger charge is -2.28. The molecule has 1 atom stereocenters. The van der Waals surface area contributed by atoms with Gasteiger partial charge in [0.05, 0.1) is 6.20 Å². The van der Waals surface area contributed by atoms with Crippen molar-refractivity contribution in [1.82, 2.24) is 15.1 Å². The number of rotatable bonds is 5. The van der Waals surface area contributed by atoms with Gasteiger partial charge in [-0.3, -0.25) is 4.68 Å². The van der Waals surface area contributed by atoms with Crippen LogP contribution in [0.15, 0.2) is 12.4 Å². The second-order valence-electron chi connectivity index (χ2n) is 6.06. The first-order chi connectivity index (χ1) is 9.29. The van der Waals surface area contributed by atoms with E-state index in [2.05, 4.69) is 23.7 Å². The van der Waals surface area contributed by atoms with Gasteiger partial charge in [0.15, 0.2) is 0 Å². The van der Waals surface area contributed by atoms with Gasteiger partial charge in [-0.25, -0.2) is 0 Å². The molecule has 1 aromatic rings. The monoisotopic (exact) mass is 263 g/mol. The van der Waals surface area contributed by atoms with Crippen LogP contribution >= 0.6 is 0 Å². The zero-order chi connectivity index (χ0) is 13.5. The minimum atomic E-state index is 0.679. The fourth-order valence-corrected chi connectivity index (χ4v) is 3.43. The third kappa shape index (κ3) is 4.64. The van der Waals surface area contributed by atoms with Crippen molar-refractivity contribution < 1.29 is 0 Å². The third-order valence-corrected chi connectivity index (χ3v) is 4.59. The summed E-state index contributed by atoms with van der Waals surface area (Å²) in [5, 5.41) is 7.83. The molecule has 0 aliphatic heterocycles. The van der Waals surface area contributed by atoms with Crippen molar-refractivity contribution in [2.75, 3.05) is 7.05 Å². The molecule has 0 aromatic carbocycles. The van der Waals surface area contributed by atoms with Crippen LogP contribution in [0.5, 0.6) is 0 Å². The molecule has 1 fully saturated rings. The average Bonchev–Trinajstić information content (AvgIpc) is 2.77. The van der Waals surface area contributed by atoms with Gasteiger partial charge in [-0.05, 0) is 44.2 Å². The van der Waals surface area contributed by atoms with E-state index in [1.165, 1.54) is 56.9 Å². The normalized spacial score (nSPS) is 19.9. The quantitative estimate of drug-likeness (QED) is 0.883. The van der Waals surface area contributed by atoms with Crippen molar-refractivity contribution in [3.8, 4) is 0 Å². The van der Waals surface area contributed by atoms with Crippen LogP contribution in [-0.4, -0.2) is 22.9 Å². The van der Waals surface area contributed by atoms with Crippen molar-refractivity contribution in [3.05, 3.63) is 18.0 Å². The Balaban J connectivity index is 1.83. The first-order valence-electron chi connectivity index (χ1n) is 7.94. The number of aryl methyl sites for hydroxylation is 2. The van der Waals surface area contributed by atoms with Gasteiger partial charge in [-0.2, -0.15) is 5.10 Å². The van der Waals surface area contributed by atoms with E-state index in [1.807, 2.05) is 17.9 Å². The van der Waals surface area contributed by atoms with Crippen LogP contribution in [0.3, 0.4) is 0 Å². The predicted molar refractivity (Wildman–Crippen MR) is 80.2 cm³/mol. The molecule has 19 heavy (non-hydrogen) atoms. The van der Waals surface area contributed by atoms with Crippen LogP contribution in [0.25, 0.3) is 0 Å². The van der Waals surface area contributed by atoms with Gasteiger partial charge in [0, 0.05) is 19.3 Å². The summed E-state index contributed by atoms with van der Waals surface area (Å²) >= 11 is 0. The van der Waals surface area contributed by atoms with E-state index in [-0.39, 0.29) is 0 Å². The fraction of sp³-hybridized carbons (Fsp3) is 0.812. The van der Waals surface area contributed by atoms with E-state index in [1.54, 1.807) is 0 Å². The molecule has 0 bridgehead atoms. The second-order valence-corrected chi connectivity index (χ2v) is 6.06. The summed E-state index contributed by atoms with van der Waals surface area (Å²) in [6.07, 6.45) is 16.6. The third-order valence-electron chi connectivity index (χ3n) is 4.59. The molecular formula is C16H29N3. The molecular weight excluding hydrogens is 234 g/mol. The van der Waals surface area contributed by atoms with E-state index in [0.717, 1.165) is 12.3 Å². The SMILES string of the molecule is CNC(CCc1cnn(C)c1)C1CCCCCCC1. The van der Waals surface area contributed by atoms with Gasteiger partial charge in [0.1, 0.15) is 0 Å². The Hall–Kier alpha value is -0.830. The summed E-state index contributed by atoms with van der Waals surface area (Å²) in [6.45, 7) is 0. The van der Waals surface area contributed by atoms with Crippen LogP contribution in [0, 0.1) is 5.92 Å². The maximum atomic E-state index is 4.26. The Morgan fingerprint density at radius 1 is 1.26 bits per heavy atom. The molecule has 3 nitrogen and oxygen atoms in total. The largest absolute Gasteiger partial charge is 0.317 e. The zero-order valence-electron chi connectivity index (χ0n) is 12.6. The van der Waals surface area contributed by atoms with Gasteiger partial charge in [-0.15, -0.1) is 0 Å². The summed E-state index contributed by atoms with van der Waals surface area (Å²) in [7, 11) is 4.13. The Labute approximate surface area is 117 Å². The number of aromatic nitrogens is 2. The topological polar surface area (TPSA) is 29.9 Å². The van der Waals surface area contributed by atoms with Crippen LogP contribution in [0.2, 0.25) is 0 Å². The van der Waals surface area contributed by atoms with Gasteiger partial charge in [0.2, 0.25) is 0 Å². The Morgan fingerprint density at radius 3 is 2.53 bits per heavy atom. The number of nitrogens with one attached hydrogen (secondary N) is 1. The lowest BCUT2D eigenvalue weighted by Crippen LogP contribution is -2.34. The van der Waals surface area contributed by atoms with Crippen molar-refractivity contribution in [2.45, 2.75) is 63.8 Å². The Kier molecular flexibility index (Phi) is 5.90. The van der Waals surface area contributed by atoms with Crippen molar-refractivity contribution in [1.29, 1.82) is 0 Å². The lowest BCUT2D eigenvalue weighted by molar-refractivity contribution is 0.284. The van der Waals surface area contributed by atoms with Gasteiger partial charge >= 0.3 is 0 Å². The number of hydrogen-bond donors (Lipinski definition) is 1. The summed E-state index contributed by atoms with van der Waals surface area (Å²) in [5.74, 6) is 0.877. The molecule has 1 aliphatic carbocycles. The van der Waals surface area contributed by atoms with Crippen LogP contribution in [0.1, 0.15) is 56.9 Å². The summed E-state index contributed by atoms with van der Waals surface area (Å²) < 4.78 is 1.90. The summed E-state index contributed by atoms with van der Waals surface area (Å²) in [4.78, 5) is 0. The van der Waals surface area contributed by atoms with E-state index < -0.39 is 0 Å². The molecule has 1 N–H and O–H groups in total. The maximum Gasteiger partial charge on any atom is 0.0521 e. The van der Waals surface area contributed by atoms with E-state index in [9.17, 15) is 0 Å². The van der Waals surface area contributed by atoms with E-state index in [0.29, 0.717) is 6.04 Å². The molecule has 3 heteroatoms. The highest BCUT2D eigenvalue weighted by Crippen LogP contribution is 2.26. The first-order valence-corrected chi connectivity index (χ1v) is 7.94. The molecule has 1 unspecified atom stereocenters. The highest BCUT2D eigenvalue weighted by Gasteiger charge is 2.20. The Morgan fingerprint density at radius 2 is 1.95 bits per heavy atom. The van der Waals surface area contributed by atoms with Crippen molar-refractivity contribution in [2.24, 2.45) is 13.0 Å². The molecule has 1 aromatic heterocycles. The standard InChI is InChI=1S/C16H29N3/c1-17-16(11-10-14-12-18-19(2)13-14)15-8-6-4-3-5-7-9-15/h12-13,15-17H,3-11H2,1-2H3. The highest BCUT2D eigenvalue weighted by atomic mass is 15.2. The first kappa shape index (κ1) is 14.6. The number of hydrogen-bond acceptors (Lipinski definition) is 2. The van der Waals surface area contributed by atoms with Gasteiger partial charge in [0.25, 0.3) is 0 Å². The van der Waals surface area contributed by atoms with Crippen LogP contribution < -0.4 is 5.32 Å². The van der Waals surface area contributed by atoms with Crippen LogP contribution in [0.4, 0.5) is 0 Å². The summed E-state index contributed by atoms with van der Waals surface area (Å²) in [6, 6.07) is 0.679. The van der Waals surface area contributed by atoms with Crippen molar-refractivity contribution >= 4 is 0 Å². The van der Waals surface area contributed by atoms with Crippen molar-refractivity contribution in [3.63, 3.8) is 0 Å². The van der Waals surface area contributed by atoms with E-state index >= 15 is 0 Å². The lowest BCUT2D eigenvalue weighted by atomic mass is 9.84. The number of nitrogens with zero attached hydrogens (tertiary/aromatic N) is 2. The smallest absolute Gasteiger partial charge is 0.0521 e. The van der Waals surface area contributed by atoms with Gasteiger partial charge < -0.3 is 5.32 Å². The van der Waals surface area contributed by atoms with E-state index in [4.69, 9.17) is 0 Å². The maximum absolute atomic E-state index is 4.26. The zero-order valence-corrected chi connectivity index (χ0v) is 12.6. The molecule has 1 aliphatic rings. The van der Waals surface area contributed by atoms with Gasteiger partial charge in [-0.1, -0.05) is 32.1 Å². The molecule has 1 heterocycles. The average molecular weight is 263 g/mol. The Bertz CT molecular complexity index is 351. The molecule has 0 amide bonds. The molecule has 0 radical (unpaired) electrons. The molecule has 1 saturated carbocycles. The minimum Gasteiger partial charge on any atom is -0.317 e. The molecule has 0 saturated heterocycles. The minimum absolute atomic E-state index is 0.679. The fourth-order valence-electron chi connectivity index (χ4n) is 3.43.